The first-order valence-corrected chi connectivity index (χ1v) is 7.82. The van der Waals surface area contributed by atoms with Crippen LogP contribution in [0.25, 0.3) is 0 Å². The quantitative estimate of drug-likeness (QED) is 0.928. The van der Waals surface area contributed by atoms with Gasteiger partial charge in [-0.2, -0.15) is 0 Å². The lowest BCUT2D eigenvalue weighted by Crippen LogP contribution is -2.42. The van der Waals surface area contributed by atoms with Crippen LogP contribution in [-0.4, -0.2) is 42.3 Å². The van der Waals surface area contributed by atoms with Crippen LogP contribution in [0.2, 0.25) is 0 Å². The van der Waals surface area contributed by atoms with Crippen LogP contribution in [0.1, 0.15) is 46.0 Å². The second-order valence-corrected chi connectivity index (χ2v) is 6.75. The van der Waals surface area contributed by atoms with E-state index in [9.17, 15) is 0 Å². The minimum absolute atomic E-state index is 0.0650. The van der Waals surface area contributed by atoms with Crippen LogP contribution in [0.15, 0.2) is 0 Å². The van der Waals surface area contributed by atoms with Gasteiger partial charge in [0.05, 0.1) is 12.7 Å². The molecule has 0 saturated carbocycles. The molecule has 1 atom stereocenters. The molecule has 1 fully saturated rings. The first-order chi connectivity index (χ1) is 9.82. The zero-order chi connectivity index (χ0) is 15.6. The summed E-state index contributed by atoms with van der Waals surface area (Å²) >= 11 is 0. The average Bonchev–Trinajstić information content (AvgIpc) is 2.40. The molecule has 0 radical (unpaired) electrons. The standard InChI is InChI=1S/C16H28N4O/c1-7-17-13-12(3)14(19-15(18-13)16(4,5)6)20-8-9-21-11(2)10-20/h11H,7-10H2,1-6H3,(H,17,18,19). The SMILES string of the molecule is CCNc1nc(C(C)(C)C)nc(N2CCOC(C)C2)c1C. The minimum atomic E-state index is -0.0650. The van der Waals surface area contributed by atoms with Gasteiger partial charge in [-0.1, -0.05) is 20.8 Å². The molecule has 5 nitrogen and oxygen atoms in total. The molecule has 0 aliphatic carbocycles. The molecule has 0 amide bonds. The topological polar surface area (TPSA) is 50.3 Å². The minimum Gasteiger partial charge on any atom is -0.375 e. The zero-order valence-electron chi connectivity index (χ0n) is 14.2. The van der Waals surface area contributed by atoms with Gasteiger partial charge in [-0.05, 0) is 20.8 Å². The van der Waals surface area contributed by atoms with Crippen molar-refractivity contribution in [3.8, 4) is 0 Å². The third-order valence-electron chi connectivity index (χ3n) is 3.68. The van der Waals surface area contributed by atoms with Gasteiger partial charge in [-0.25, -0.2) is 9.97 Å². The fourth-order valence-electron chi connectivity index (χ4n) is 2.50. The maximum absolute atomic E-state index is 5.64. The summed E-state index contributed by atoms with van der Waals surface area (Å²) in [6.07, 6.45) is 0.244. The van der Waals surface area contributed by atoms with E-state index in [-0.39, 0.29) is 11.5 Å². The fourth-order valence-corrected chi connectivity index (χ4v) is 2.50. The largest absolute Gasteiger partial charge is 0.375 e. The molecule has 118 valence electrons. The first-order valence-electron chi connectivity index (χ1n) is 7.82. The molecule has 1 aliphatic heterocycles. The van der Waals surface area contributed by atoms with Crippen molar-refractivity contribution in [3.05, 3.63) is 11.4 Å². The van der Waals surface area contributed by atoms with Crippen LogP contribution in [-0.2, 0) is 10.2 Å². The summed E-state index contributed by atoms with van der Waals surface area (Å²) < 4.78 is 5.64. The number of anilines is 2. The highest BCUT2D eigenvalue weighted by Crippen LogP contribution is 2.29. The Morgan fingerprint density at radius 3 is 2.62 bits per heavy atom. The van der Waals surface area contributed by atoms with E-state index in [1.807, 2.05) is 0 Å². The molecule has 1 saturated heterocycles. The van der Waals surface area contributed by atoms with Crippen molar-refractivity contribution < 1.29 is 4.74 Å². The second-order valence-electron chi connectivity index (χ2n) is 6.75. The molecule has 0 spiro atoms. The van der Waals surface area contributed by atoms with E-state index in [2.05, 4.69) is 51.8 Å². The Balaban J connectivity index is 2.45. The van der Waals surface area contributed by atoms with E-state index in [0.717, 1.165) is 49.3 Å². The van der Waals surface area contributed by atoms with Crippen molar-refractivity contribution in [1.82, 2.24) is 9.97 Å². The first kappa shape index (κ1) is 16.0. The van der Waals surface area contributed by atoms with Crippen LogP contribution in [0.5, 0.6) is 0 Å². The van der Waals surface area contributed by atoms with Crippen molar-refractivity contribution in [1.29, 1.82) is 0 Å². The molecule has 1 N–H and O–H groups in total. The Bertz CT molecular complexity index is 496. The van der Waals surface area contributed by atoms with Gasteiger partial charge in [-0.3, -0.25) is 0 Å². The summed E-state index contributed by atoms with van der Waals surface area (Å²) in [6.45, 7) is 16.1. The molecule has 0 aromatic carbocycles. The summed E-state index contributed by atoms with van der Waals surface area (Å²) in [5.41, 5.74) is 1.06. The number of hydrogen-bond donors (Lipinski definition) is 1. The number of aromatic nitrogens is 2. The summed E-state index contributed by atoms with van der Waals surface area (Å²) in [4.78, 5) is 11.9. The molecule has 2 rings (SSSR count). The van der Waals surface area contributed by atoms with Gasteiger partial charge in [0.1, 0.15) is 17.5 Å². The van der Waals surface area contributed by atoms with Gasteiger partial charge in [0.2, 0.25) is 0 Å². The van der Waals surface area contributed by atoms with Gasteiger partial charge in [0.25, 0.3) is 0 Å². The van der Waals surface area contributed by atoms with Gasteiger partial charge in [-0.15, -0.1) is 0 Å². The van der Waals surface area contributed by atoms with Crippen LogP contribution < -0.4 is 10.2 Å². The predicted molar refractivity (Wildman–Crippen MR) is 87.3 cm³/mol. The monoisotopic (exact) mass is 292 g/mol. The van der Waals surface area contributed by atoms with Crippen LogP contribution in [0, 0.1) is 6.92 Å². The number of morpholine rings is 1. The molecule has 2 heterocycles. The molecule has 1 aromatic rings. The number of nitrogens with one attached hydrogen (secondary N) is 1. The van der Waals surface area contributed by atoms with Crippen molar-refractivity contribution >= 4 is 11.6 Å². The molecule has 21 heavy (non-hydrogen) atoms. The molecule has 5 heteroatoms. The maximum Gasteiger partial charge on any atom is 0.138 e. The van der Waals surface area contributed by atoms with E-state index in [4.69, 9.17) is 14.7 Å². The summed E-state index contributed by atoms with van der Waals surface area (Å²) in [5, 5.41) is 3.37. The Morgan fingerprint density at radius 1 is 1.33 bits per heavy atom. The molecule has 1 aromatic heterocycles. The molecule has 1 aliphatic rings. The van der Waals surface area contributed by atoms with Crippen LogP contribution >= 0.6 is 0 Å². The van der Waals surface area contributed by atoms with E-state index in [1.54, 1.807) is 0 Å². The van der Waals surface area contributed by atoms with E-state index < -0.39 is 0 Å². The maximum atomic E-state index is 5.64. The third kappa shape index (κ3) is 3.64. The second kappa shape index (κ2) is 6.18. The number of hydrogen-bond acceptors (Lipinski definition) is 5. The predicted octanol–water partition coefficient (Wildman–Crippen LogP) is 2.74. The number of nitrogens with zero attached hydrogens (tertiary/aromatic N) is 3. The Hall–Kier alpha value is -1.36. The number of rotatable bonds is 3. The van der Waals surface area contributed by atoms with Crippen molar-refractivity contribution in [2.75, 3.05) is 36.5 Å². The Kier molecular flexibility index (Phi) is 4.71. The lowest BCUT2D eigenvalue weighted by Gasteiger charge is -2.34. The summed E-state index contributed by atoms with van der Waals surface area (Å²) in [5.74, 6) is 2.88. The lowest BCUT2D eigenvalue weighted by atomic mass is 9.95. The highest BCUT2D eigenvalue weighted by molar-refractivity contribution is 5.59. The van der Waals surface area contributed by atoms with E-state index in [1.165, 1.54) is 0 Å². The van der Waals surface area contributed by atoms with Gasteiger partial charge in [0.15, 0.2) is 0 Å². The fraction of sp³-hybridized carbons (Fsp3) is 0.750. The third-order valence-corrected chi connectivity index (χ3v) is 3.68. The van der Waals surface area contributed by atoms with E-state index >= 15 is 0 Å². The normalized spacial score (nSPS) is 19.7. The lowest BCUT2D eigenvalue weighted by molar-refractivity contribution is 0.0528. The number of ether oxygens (including phenoxy) is 1. The van der Waals surface area contributed by atoms with Crippen LogP contribution in [0.3, 0.4) is 0 Å². The zero-order valence-corrected chi connectivity index (χ0v) is 14.2. The smallest absolute Gasteiger partial charge is 0.138 e. The van der Waals surface area contributed by atoms with E-state index in [0.29, 0.717) is 0 Å². The molecule has 0 bridgehead atoms. The average molecular weight is 292 g/mol. The van der Waals surface area contributed by atoms with Gasteiger partial charge < -0.3 is 15.0 Å². The Labute approximate surface area is 128 Å². The summed E-state index contributed by atoms with van der Waals surface area (Å²) in [6, 6.07) is 0. The molecule has 1 unspecified atom stereocenters. The van der Waals surface area contributed by atoms with Crippen molar-refractivity contribution in [2.24, 2.45) is 0 Å². The Morgan fingerprint density at radius 2 is 2.05 bits per heavy atom. The van der Waals surface area contributed by atoms with Crippen molar-refractivity contribution in [3.63, 3.8) is 0 Å². The molecular formula is C16H28N4O. The van der Waals surface area contributed by atoms with Crippen LogP contribution in [0.4, 0.5) is 11.6 Å². The van der Waals surface area contributed by atoms with Gasteiger partial charge in [0, 0.05) is 30.6 Å². The molecular weight excluding hydrogens is 264 g/mol. The highest BCUT2D eigenvalue weighted by atomic mass is 16.5. The summed E-state index contributed by atoms with van der Waals surface area (Å²) in [7, 11) is 0. The van der Waals surface area contributed by atoms with Crippen molar-refractivity contribution in [2.45, 2.75) is 53.1 Å². The highest BCUT2D eigenvalue weighted by Gasteiger charge is 2.25. The van der Waals surface area contributed by atoms with Gasteiger partial charge >= 0.3 is 0 Å².